The maximum atomic E-state index is 13.3. The number of rotatable bonds is 7. The molecule has 0 bridgehead atoms. The molecular formula is C33H29N3O5S2. The summed E-state index contributed by atoms with van der Waals surface area (Å²) in [5.74, 6) is 0.733. The molecular weight excluding hydrogens is 583 g/mol. The monoisotopic (exact) mass is 611 g/mol. The third-order valence-electron chi connectivity index (χ3n) is 7.45. The van der Waals surface area contributed by atoms with E-state index in [1.165, 1.54) is 11.4 Å². The molecule has 10 heteroatoms. The zero-order valence-corrected chi connectivity index (χ0v) is 25.9. The van der Waals surface area contributed by atoms with Gasteiger partial charge in [-0.05, 0) is 42.8 Å². The first-order chi connectivity index (χ1) is 20.6. The third-order valence-corrected chi connectivity index (χ3v) is 9.71. The number of sulfonamides is 1. The van der Waals surface area contributed by atoms with Gasteiger partial charge >= 0.3 is 0 Å². The van der Waals surface area contributed by atoms with Gasteiger partial charge in [0.05, 0.1) is 40.4 Å². The van der Waals surface area contributed by atoms with Crippen molar-refractivity contribution in [3.8, 4) is 38.8 Å². The number of nitrogens with one attached hydrogen (secondary N) is 1. The summed E-state index contributed by atoms with van der Waals surface area (Å²) in [6, 6.07) is 24.8. The van der Waals surface area contributed by atoms with Gasteiger partial charge in [0.25, 0.3) is 5.91 Å². The molecule has 6 rings (SSSR count). The number of furan rings is 1. The number of hydrogen-bond donors (Lipinski definition) is 1. The number of aryl methyl sites for hydroxylation is 1. The quantitative estimate of drug-likeness (QED) is 0.206. The molecule has 2 aromatic heterocycles. The summed E-state index contributed by atoms with van der Waals surface area (Å²) >= 11 is 1.55. The van der Waals surface area contributed by atoms with Crippen LogP contribution in [0.3, 0.4) is 0 Å². The molecule has 43 heavy (non-hydrogen) atoms. The number of methoxy groups -OCH3 is 1. The number of para-hydroxylation sites is 1. The molecule has 0 saturated heterocycles. The van der Waals surface area contributed by atoms with E-state index in [-0.39, 0.29) is 5.91 Å². The van der Waals surface area contributed by atoms with Crippen molar-refractivity contribution in [3.63, 3.8) is 0 Å². The number of ether oxygens (including phenoxy) is 1. The van der Waals surface area contributed by atoms with Crippen molar-refractivity contribution in [2.45, 2.75) is 6.92 Å². The molecule has 0 aliphatic rings. The second-order valence-corrected chi connectivity index (χ2v) is 13.3. The number of aromatic nitrogens is 1. The first kappa shape index (κ1) is 28.4. The van der Waals surface area contributed by atoms with Crippen LogP contribution in [0, 0.1) is 6.92 Å². The highest BCUT2D eigenvalue weighted by atomic mass is 32.2. The summed E-state index contributed by atoms with van der Waals surface area (Å²) in [5.41, 5.74) is 5.96. The topological polar surface area (TPSA) is 102 Å². The molecule has 8 nitrogen and oxygen atoms in total. The van der Waals surface area contributed by atoms with Gasteiger partial charge in [-0.15, -0.1) is 11.3 Å². The van der Waals surface area contributed by atoms with Crippen molar-refractivity contribution < 1.29 is 22.4 Å². The Kier molecular flexibility index (Phi) is 7.19. The molecule has 0 aliphatic heterocycles. The fourth-order valence-corrected chi connectivity index (χ4v) is 6.59. The molecule has 0 saturated carbocycles. The van der Waals surface area contributed by atoms with Gasteiger partial charge in [0.15, 0.2) is 0 Å². The molecule has 2 heterocycles. The summed E-state index contributed by atoms with van der Waals surface area (Å²) in [6.07, 6.45) is 1.15. The van der Waals surface area contributed by atoms with Crippen LogP contribution in [0.2, 0.25) is 0 Å². The van der Waals surface area contributed by atoms with Gasteiger partial charge in [-0.2, -0.15) is 0 Å². The van der Waals surface area contributed by atoms with E-state index in [1.54, 1.807) is 31.6 Å². The normalized spacial score (nSPS) is 11.7. The standard InChI is InChI=1S/C33H29N3O5S2/c1-19-10-12-20(13-11-19)31-30(32(37)34-2)23-17-22(26(18-28(23)41-31)36(3)43(5,38)39)21-14-15-27(40-4)24(16-21)33-35-25-8-6-7-9-29(25)42-33/h6-18H,1-5H3,(H,34,37). The fourth-order valence-electron chi connectivity index (χ4n) is 5.09. The van der Waals surface area contributed by atoms with Crippen LogP contribution in [0.25, 0.3) is 54.2 Å². The minimum Gasteiger partial charge on any atom is -0.496 e. The number of carbonyl (C=O) groups excluding carboxylic acids is 1. The first-order valence-corrected chi connectivity index (χ1v) is 16.1. The Hall–Kier alpha value is -4.67. The zero-order chi connectivity index (χ0) is 30.5. The maximum absolute atomic E-state index is 13.3. The lowest BCUT2D eigenvalue weighted by atomic mass is 9.97. The van der Waals surface area contributed by atoms with E-state index in [4.69, 9.17) is 14.1 Å². The molecule has 218 valence electrons. The molecule has 4 aromatic carbocycles. The Labute approximate surface area is 253 Å². The van der Waals surface area contributed by atoms with Crippen molar-refractivity contribution in [2.75, 3.05) is 31.8 Å². The van der Waals surface area contributed by atoms with Gasteiger partial charge < -0.3 is 14.5 Å². The molecule has 6 aromatic rings. The lowest BCUT2D eigenvalue weighted by Gasteiger charge is -2.21. The maximum Gasteiger partial charge on any atom is 0.255 e. The predicted octanol–water partition coefficient (Wildman–Crippen LogP) is 7.12. The highest BCUT2D eigenvalue weighted by Gasteiger charge is 2.26. The molecule has 0 atom stereocenters. The second-order valence-electron chi connectivity index (χ2n) is 10.2. The predicted molar refractivity (Wildman–Crippen MR) is 174 cm³/mol. The Balaban J connectivity index is 1.64. The first-order valence-electron chi connectivity index (χ1n) is 13.5. The Morgan fingerprint density at radius 1 is 0.977 bits per heavy atom. The number of hydrogen-bond acceptors (Lipinski definition) is 7. The molecule has 1 amide bonds. The average molecular weight is 612 g/mol. The van der Waals surface area contributed by atoms with Crippen LogP contribution in [0.1, 0.15) is 15.9 Å². The number of carbonyl (C=O) groups is 1. The lowest BCUT2D eigenvalue weighted by molar-refractivity contribution is 0.0964. The van der Waals surface area contributed by atoms with Crippen LogP contribution in [0.5, 0.6) is 5.75 Å². The van der Waals surface area contributed by atoms with Crippen LogP contribution in [0.15, 0.2) is 83.3 Å². The van der Waals surface area contributed by atoms with Gasteiger partial charge in [0, 0.05) is 36.7 Å². The minimum atomic E-state index is -3.65. The van der Waals surface area contributed by atoms with E-state index >= 15 is 0 Å². The second kappa shape index (κ2) is 10.9. The highest BCUT2D eigenvalue weighted by Crippen LogP contribution is 2.44. The summed E-state index contributed by atoms with van der Waals surface area (Å²) in [6.45, 7) is 1.99. The summed E-state index contributed by atoms with van der Waals surface area (Å²) in [5, 5.41) is 4.07. The van der Waals surface area contributed by atoms with E-state index < -0.39 is 10.0 Å². The third kappa shape index (κ3) is 5.13. The fraction of sp³-hybridized carbons (Fsp3) is 0.152. The van der Waals surface area contributed by atoms with Crippen molar-refractivity contribution in [3.05, 3.63) is 90.0 Å². The molecule has 0 radical (unpaired) electrons. The Morgan fingerprint density at radius 2 is 1.70 bits per heavy atom. The zero-order valence-electron chi connectivity index (χ0n) is 24.3. The van der Waals surface area contributed by atoms with Crippen molar-refractivity contribution >= 4 is 54.1 Å². The van der Waals surface area contributed by atoms with Gasteiger partial charge in [-0.25, -0.2) is 13.4 Å². The van der Waals surface area contributed by atoms with Gasteiger partial charge in [-0.3, -0.25) is 9.10 Å². The SMILES string of the molecule is CNC(=O)c1c(-c2ccc(C)cc2)oc2cc(N(C)S(C)(=O)=O)c(-c3ccc(OC)c(-c4nc5ccccc5s4)c3)cc12. The largest absolute Gasteiger partial charge is 0.496 e. The molecule has 1 N–H and O–H groups in total. The number of fused-ring (bicyclic) bond motifs is 2. The molecule has 0 spiro atoms. The van der Waals surface area contributed by atoms with Crippen molar-refractivity contribution in [1.29, 1.82) is 0 Å². The van der Waals surface area contributed by atoms with E-state index in [0.29, 0.717) is 39.3 Å². The summed E-state index contributed by atoms with van der Waals surface area (Å²) < 4.78 is 39.9. The van der Waals surface area contributed by atoms with Crippen LogP contribution < -0.4 is 14.4 Å². The minimum absolute atomic E-state index is 0.311. The van der Waals surface area contributed by atoms with Crippen LogP contribution >= 0.6 is 11.3 Å². The van der Waals surface area contributed by atoms with Gasteiger partial charge in [-0.1, -0.05) is 48.0 Å². The molecule has 0 aliphatic carbocycles. The number of thiazole rings is 1. The average Bonchev–Trinajstić information content (AvgIpc) is 3.61. The Bertz CT molecular complexity index is 2100. The van der Waals surface area contributed by atoms with E-state index in [2.05, 4.69) is 5.32 Å². The molecule has 0 unspecified atom stereocenters. The van der Waals surface area contributed by atoms with E-state index in [0.717, 1.165) is 43.7 Å². The van der Waals surface area contributed by atoms with Crippen molar-refractivity contribution in [1.82, 2.24) is 10.3 Å². The van der Waals surface area contributed by atoms with Crippen LogP contribution in [-0.2, 0) is 10.0 Å². The highest BCUT2D eigenvalue weighted by molar-refractivity contribution is 7.92. The number of benzene rings is 4. The summed E-state index contributed by atoms with van der Waals surface area (Å²) in [4.78, 5) is 18.1. The molecule has 0 fully saturated rings. The number of amides is 1. The van der Waals surface area contributed by atoms with Crippen LogP contribution in [0.4, 0.5) is 5.69 Å². The van der Waals surface area contributed by atoms with Crippen molar-refractivity contribution in [2.24, 2.45) is 0 Å². The summed E-state index contributed by atoms with van der Waals surface area (Å²) in [7, 11) is 1.03. The lowest BCUT2D eigenvalue weighted by Crippen LogP contribution is -2.25. The van der Waals surface area contributed by atoms with Gasteiger partial charge in [0.1, 0.15) is 22.1 Å². The van der Waals surface area contributed by atoms with E-state index in [9.17, 15) is 13.2 Å². The number of anilines is 1. The van der Waals surface area contributed by atoms with Crippen LogP contribution in [-0.4, -0.2) is 46.8 Å². The Morgan fingerprint density at radius 3 is 2.37 bits per heavy atom. The number of nitrogens with zero attached hydrogens (tertiary/aromatic N) is 2. The smallest absolute Gasteiger partial charge is 0.255 e. The van der Waals surface area contributed by atoms with Gasteiger partial charge in [0.2, 0.25) is 10.0 Å². The van der Waals surface area contributed by atoms with E-state index in [1.807, 2.05) is 79.7 Å².